The van der Waals surface area contributed by atoms with Crippen LogP contribution in [-0.4, -0.2) is 58.4 Å². The Balaban J connectivity index is 1.81. The van der Waals surface area contributed by atoms with E-state index in [1.807, 2.05) is 36.1 Å². The van der Waals surface area contributed by atoms with Crippen molar-refractivity contribution in [1.29, 1.82) is 0 Å². The third-order valence-electron chi connectivity index (χ3n) is 4.06. The van der Waals surface area contributed by atoms with Gasteiger partial charge in [-0.25, -0.2) is 4.99 Å². The molecule has 0 saturated carbocycles. The van der Waals surface area contributed by atoms with Gasteiger partial charge in [0.1, 0.15) is 0 Å². The fourth-order valence-electron chi connectivity index (χ4n) is 2.70. The second-order valence-corrected chi connectivity index (χ2v) is 6.04. The van der Waals surface area contributed by atoms with Gasteiger partial charge in [-0.2, -0.15) is 0 Å². The van der Waals surface area contributed by atoms with Gasteiger partial charge in [-0.3, -0.25) is 4.79 Å². The average Bonchev–Trinajstić information content (AvgIpc) is 3.09. The summed E-state index contributed by atoms with van der Waals surface area (Å²) in [4.78, 5) is 18.2. The number of carbonyl (C=O) groups is 1. The first-order valence-corrected chi connectivity index (χ1v) is 9.22. The van der Waals surface area contributed by atoms with Gasteiger partial charge in [-0.15, -0.1) is 0 Å². The topological polar surface area (TPSA) is 75.2 Å². The molecule has 1 aromatic rings. The van der Waals surface area contributed by atoms with Crippen molar-refractivity contribution in [2.75, 3.05) is 51.5 Å². The fourth-order valence-corrected chi connectivity index (χ4v) is 2.70. The lowest BCUT2D eigenvalue weighted by molar-refractivity contribution is -0.117. The Morgan fingerprint density at radius 2 is 2.00 bits per heavy atom. The average molecular weight is 362 g/mol. The zero-order chi connectivity index (χ0) is 18.6. The van der Waals surface area contributed by atoms with Crippen LogP contribution in [0.5, 0.6) is 0 Å². The molecule has 1 saturated heterocycles. The predicted octanol–water partition coefficient (Wildman–Crippen LogP) is 1.53. The van der Waals surface area contributed by atoms with Gasteiger partial charge >= 0.3 is 0 Å². The molecule has 0 unspecified atom stereocenters. The van der Waals surface area contributed by atoms with Crippen molar-refractivity contribution in [3.05, 3.63) is 29.8 Å². The van der Waals surface area contributed by atoms with Crippen molar-refractivity contribution in [2.24, 2.45) is 4.99 Å². The Labute approximate surface area is 155 Å². The molecular formula is C19H30N4O3. The highest BCUT2D eigenvalue weighted by Gasteiger charge is 2.21. The second-order valence-electron chi connectivity index (χ2n) is 6.04. The number of nitrogens with one attached hydrogen (secondary N) is 2. The molecule has 26 heavy (non-hydrogen) atoms. The second kappa shape index (κ2) is 11.5. The van der Waals surface area contributed by atoms with Crippen LogP contribution in [0, 0.1) is 0 Å². The maximum atomic E-state index is 11.8. The summed E-state index contributed by atoms with van der Waals surface area (Å²) in [5.41, 5.74) is 2.08. The number of hydrogen-bond acceptors (Lipinski definition) is 4. The van der Waals surface area contributed by atoms with Gasteiger partial charge in [0.05, 0.1) is 26.4 Å². The highest BCUT2D eigenvalue weighted by molar-refractivity contribution is 5.95. The standard InChI is InChI=1S/C19H30N4O3/c1-3-20-19(21-10-12-26-14-13-25-2)22-15-16-6-8-17(9-7-16)23-11-4-5-18(23)24/h6-9H,3-5,10-15H2,1-2H3,(H2,20,21,22). The molecule has 0 atom stereocenters. The van der Waals surface area contributed by atoms with Crippen LogP contribution in [0.15, 0.2) is 29.3 Å². The van der Waals surface area contributed by atoms with Gasteiger partial charge in [0, 0.05) is 38.9 Å². The fraction of sp³-hybridized carbons (Fsp3) is 0.579. The Bertz CT molecular complexity index is 575. The first kappa shape index (κ1) is 20.2. The number of carbonyl (C=O) groups excluding carboxylic acids is 1. The lowest BCUT2D eigenvalue weighted by Gasteiger charge is -2.16. The van der Waals surface area contributed by atoms with Crippen molar-refractivity contribution in [1.82, 2.24) is 10.6 Å². The van der Waals surface area contributed by atoms with Gasteiger partial charge in [0.15, 0.2) is 5.96 Å². The van der Waals surface area contributed by atoms with Crippen molar-refractivity contribution < 1.29 is 14.3 Å². The number of hydrogen-bond donors (Lipinski definition) is 2. The van der Waals surface area contributed by atoms with E-state index < -0.39 is 0 Å². The van der Waals surface area contributed by atoms with Crippen LogP contribution in [0.2, 0.25) is 0 Å². The summed E-state index contributed by atoms with van der Waals surface area (Å²) < 4.78 is 10.4. The molecule has 1 aliphatic heterocycles. The van der Waals surface area contributed by atoms with E-state index in [4.69, 9.17) is 9.47 Å². The summed E-state index contributed by atoms with van der Waals surface area (Å²) in [5, 5.41) is 6.47. The molecule has 1 aromatic carbocycles. The van der Waals surface area contributed by atoms with Gasteiger partial charge < -0.3 is 25.0 Å². The number of methoxy groups -OCH3 is 1. The minimum Gasteiger partial charge on any atom is -0.382 e. The van der Waals surface area contributed by atoms with Crippen molar-refractivity contribution in [2.45, 2.75) is 26.3 Å². The van der Waals surface area contributed by atoms with Crippen molar-refractivity contribution >= 4 is 17.6 Å². The molecule has 7 nitrogen and oxygen atoms in total. The molecule has 1 heterocycles. The normalized spacial score (nSPS) is 14.8. The summed E-state index contributed by atoms with van der Waals surface area (Å²) in [6, 6.07) is 8.06. The monoisotopic (exact) mass is 362 g/mol. The number of aliphatic imine (C=N–C) groups is 1. The zero-order valence-corrected chi connectivity index (χ0v) is 15.8. The van der Waals surface area contributed by atoms with E-state index in [1.165, 1.54) is 0 Å². The number of nitrogens with zero attached hydrogens (tertiary/aromatic N) is 2. The molecule has 1 fully saturated rings. The molecule has 1 aliphatic rings. The van der Waals surface area contributed by atoms with Gasteiger partial charge in [0.25, 0.3) is 0 Å². The predicted molar refractivity (Wildman–Crippen MR) is 104 cm³/mol. The SMILES string of the molecule is CCNC(=NCc1ccc(N2CCCC2=O)cc1)NCCOCCOC. The number of amides is 1. The van der Waals surface area contributed by atoms with Crippen LogP contribution >= 0.6 is 0 Å². The van der Waals surface area contributed by atoms with Gasteiger partial charge in [-0.1, -0.05) is 12.1 Å². The number of guanidine groups is 1. The van der Waals surface area contributed by atoms with Crippen LogP contribution in [-0.2, 0) is 20.8 Å². The first-order chi connectivity index (χ1) is 12.7. The third kappa shape index (κ3) is 6.65. The van der Waals surface area contributed by atoms with Crippen LogP contribution in [0.4, 0.5) is 5.69 Å². The molecule has 0 spiro atoms. The van der Waals surface area contributed by atoms with E-state index in [0.29, 0.717) is 39.3 Å². The van der Waals surface area contributed by atoms with E-state index in [-0.39, 0.29) is 5.91 Å². The minimum atomic E-state index is 0.210. The first-order valence-electron chi connectivity index (χ1n) is 9.22. The van der Waals surface area contributed by atoms with E-state index in [1.54, 1.807) is 7.11 Å². The molecule has 7 heteroatoms. The lowest BCUT2D eigenvalue weighted by atomic mass is 10.2. The molecule has 2 rings (SSSR count). The Morgan fingerprint density at radius 3 is 2.65 bits per heavy atom. The molecule has 0 aromatic heterocycles. The molecule has 0 aliphatic carbocycles. The van der Waals surface area contributed by atoms with Gasteiger partial charge in [0.2, 0.25) is 5.91 Å². The number of ether oxygens (including phenoxy) is 2. The Hall–Kier alpha value is -2.12. The maximum Gasteiger partial charge on any atom is 0.227 e. The number of benzene rings is 1. The highest BCUT2D eigenvalue weighted by Crippen LogP contribution is 2.21. The zero-order valence-electron chi connectivity index (χ0n) is 15.8. The summed E-state index contributed by atoms with van der Waals surface area (Å²) in [5.74, 6) is 0.976. The maximum absolute atomic E-state index is 11.8. The Morgan fingerprint density at radius 1 is 1.19 bits per heavy atom. The summed E-state index contributed by atoms with van der Waals surface area (Å²) >= 11 is 0. The van der Waals surface area contributed by atoms with Crippen LogP contribution in [0.25, 0.3) is 0 Å². The van der Waals surface area contributed by atoms with Gasteiger partial charge in [-0.05, 0) is 31.0 Å². The highest BCUT2D eigenvalue weighted by atomic mass is 16.5. The lowest BCUT2D eigenvalue weighted by Crippen LogP contribution is -2.39. The van der Waals surface area contributed by atoms with Crippen molar-refractivity contribution in [3.63, 3.8) is 0 Å². The van der Waals surface area contributed by atoms with Crippen LogP contribution in [0.3, 0.4) is 0 Å². The van der Waals surface area contributed by atoms with E-state index in [0.717, 1.165) is 36.7 Å². The third-order valence-corrected chi connectivity index (χ3v) is 4.06. The molecule has 1 amide bonds. The van der Waals surface area contributed by atoms with E-state index in [2.05, 4.69) is 15.6 Å². The van der Waals surface area contributed by atoms with Crippen LogP contribution < -0.4 is 15.5 Å². The molecule has 0 radical (unpaired) electrons. The number of rotatable bonds is 10. The quantitative estimate of drug-likeness (QED) is 0.375. The number of anilines is 1. The van der Waals surface area contributed by atoms with E-state index in [9.17, 15) is 4.79 Å². The molecule has 0 bridgehead atoms. The summed E-state index contributed by atoms with van der Waals surface area (Å²) in [6.45, 7) is 6.72. The molecule has 144 valence electrons. The van der Waals surface area contributed by atoms with Crippen molar-refractivity contribution in [3.8, 4) is 0 Å². The summed E-state index contributed by atoms with van der Waals surface area (Å²) in [7, 11) is 1.66. The molecular weight excluding hydrogens is 332 g/mol. The van der Waals surface area contributed by atoms with Crippen LogP contribution in [0.1, 0.15) is 25.3 Å². The largest absolute Gasteiger partial charge is 0.382 e. The van der Waals surface area contributed by atoms with E-state index >= 15 is 0 Å². The summed E-state index contributed by atoms with van der Waals surface area (Å²) in [6.07, 6.45) is 1.59. The Kier molecular flexibility index (Phi) is 8.92. The minimum absolute atomic E-state index is 0.210. The smallest absolute Gasteiger partial charge is 0.227 e. The molecule has 2 N–H and O–H groups in total.